The Hall–Kier alpha value is -2.88. The fraction of sp³-hybridized carbons (Fsp3) is 0.304. The summed E-state index contributed by atoms with van der Waals surface area (Å²) in [5.74, 6) is 0.878. The van der Waals surface area contributed by atoms with Crippen LogP contribution in [-0.2, 0) is 9.59 Å². The number of anilines is 1. The highest BCUT2D eigenvalue weighted by Crippen LogP contribution is 2.40. The van der Waals surface area contributed by atoms with Gasteiger partial charge in [-0.3, -0.25) is 14.5 Å². The molecular weight excluding hydrogens is 338 g/mol. The summed E-state index contributed by atoms with van der Waals surface area (Å²) in [6, 6.07) is 13.1. The zero-order valence-electron chi connectivity index (χ0n) is 15.8. The van der Waals surface area contributed by atoms with Crippen molar-refractivity contribution in [1.29, 1.82) is 0 Å². The van der Waals surface area contributed by atoms with Crippen molar-refractivity contribution in [3.63, 3.8) is 0 Å². The average Bonchev–Trinajstić information content (AvgIpc) is 2.91. The highest BCUT2D eigenvalue weighted by Gasteiger charge is 2.50. The quantitative estimate of drug-likeness (QED) is 0.583. The fourth-order valence-corrected chi connectivity index (χ4v) is 3.98. The normalized spacial score (nSPS) is 24.3. The van der Waals surface area contributed by atoms with Gasteiger partial charge in [-0.2, -0.15) is 0 Å². The molecule has 4 rings (SSSR count). The maximum absolute atomic E-state index is 12.8. The van der Waals surface area contributed by atoms with Gasteiger partial charge in [-0.1, -0.05) is 25.1 Å². The lowest BCUT2D eigenvalue weighted by molar-refractivity contribution is -0.122. The summed E-state index contributed by atoms with van der Waals surface area (Å²) < 4.78 is 5.90. The molecule has 4 heteroatoms. The number of rotatable bonds is 3. The van der Waals surface area contributed by atoms with E-state index in [0.717, 1.165) is 5.75 Å². The minimum Gasteiger partial charge on any atom is -0.457 e. The van der Waals surface area contributed by atoms with Crippen molar-refractivity contribution in [1.82, 2.24) is 0 Å². The van der Waals surface area contributed by atoms with E-state index in [1.54, 1.807) is 24.3 Å². The molecule has 3 atom stereocenters. The number of aryl methyl sites for hydroxylation is 2. The zero-order valence-corrected chi connectivity index (χ0v) is 15.8. The lowest BCUT2D eigenvalue weighted by Crippen LogP contribution is -2.31. The summed E-state index contributed by atoms with van der Waals surface area (Å²) in [6.07, 6.45) is 4.70. The minimum absolute atomic E-state index is 0.0929. The molecule has 4 nitrogen and oxygen atoms in total. The van der Waals surface area contributed by atoms with E-state index in [0.29, 0.717) is 17.9 Å². The molecule has 2 aromatic rings. The van der Waals surface area contributed by atoms with Crippen LogP contribution in [0, 0.1) is 31.6 Å². The lowest BCUT2D eigenvalue weighted by atomic mass is 9.78. The minimum atomic E-state index is -0.242. The Kier molecular flexibility index (Phi) is 4.34. The van der Waals surface area contributed by atoms with Crippen molar-refractivity contribution < 1.29 is 14.3 Å². The van der Waals surface area contributed by atoms with Crippen LogP contribution in [0.4, 0.5) is 5.69 Å². The Bertz CT molecular complexity index is 929. The van der Waals surface area contributed by atoms with Crippen LogP contribution >= 0.6 is 0 Å². The van der Waals surface area contributed by atoms with E-state index >= 15 is 0 Å². The van der Waals surface area contributed by atoms with Crippen LogP contribution in [0.15, 0.2) is 54.6 Å². The number of carbonyl (C=O) groups is 2. The number of fused-ring (bicyclic) bond motifs is 1. The number of imide groups is 1. The molecule has 1 aliphatic carbocycles. The molecule has 0 N–H and O–H groups in total. The van der Waals surface area contributed by atoms with Gasteiger partial charge >= 0.3 is 0 Å². The van der Waals surface area contributed by atoms with E-state index in [2.05, 4.69) is 6.92 Å². The summed E-state index contributed by atoms with van der Waals surface area (Å²) in [6.45, 7) is 6.11. The molecule has 1 aliphatic heterocycles. The van der Waals surface area contributed by atoms with Gasteiger partial charge in [-0.25, -0.2) is 0 Å². The average molecular weight is 361 g/mol. The van der Waals surface area contributed by atoms with Gasteiger partial charge < -0.3 is 4.74 Å². The third-order valence-corrected chi connectivity index (χ3v) is 5.68. The van der Waals surface area contributed by atoms with E-state index in [4.69, 9.17) is 4.74 Å². The number of allylic oxidation sites excluding steroid dienone is 2. The highest BCUT2D eigenvalue weighted by molar-refractivity contribution is 6.22. The molecule has 1 fully saturated rings. The van der Waals surface area contributed by atoms with Crippen LogP contribution in [-0.4, -0.2) is 11.8 Å². The van der Waals surface area contributed by atoms with Crippen LogP contribution in [0.2, 0.25) is 0 Å². The van der Waals surface area contributed by atoms with Crippen molar-refractivity contribution >= 4 is 17.5 Å². The molecule has 0 spiro atoms. The zero-order chi connectivity index (χ0) is 19.1. The number of benzene rings is 2. The Morgan fingerprint density at radius 2 is 1.63 bits per heavy atom. The number of nitrogens with zero attached hydrogens (tertiary/aromatic N) is 1. The van der Waals surface area contributed by atoms with Crippen LogP contribution < -0.4 is 9.64 Å². The largest absolute Gasteiger partial charge is 0.457 e. The van der Waals surface area contributed by atoms with Gasteiger partial charge in [0.2, 0.25) is 11.8 Å². The summed E-state index contributed by atoms with van der Waals surface area (Å²) in [7, 11) is 0. The number of amides is 2. The predicted octanol–water partition coefficient (Wildman–Crippen LogP) is 4.80. The molecule has 138 valence electrons. The second kappa shape index (κ2) is 6.69. The molecule has 27 heavy (non-hydrogen) atoms. The Morgan fingerprint density at radius 1 is 0.926 bits per heavy atom. The van der Waals surface area contributed by atoms with Crippen molar-refractivity contribution in [3.05, 3.63) is 65.7 Å². The summed E-state index contributed by atoms with van der Waals surface area (Å²) in [5.41, 5.74) is 3.00. The molecule has 2 aliphatic rings. The molecule has 0 bridgehead atoms. The molecule has 1 saturated heterocycles. The Balaban J connectivity index is 1.55. The first-order valence-electron chi connectivity index (χ1n) is 9.35. The van der Waals surface area contributed by atoms with Crippen molar-refractivity contribution in [2.24, 2.45) is 17.8 Å². The highest BCUT2D eigenvalue weighted by atomic mass is 16.5. The Labute approximate surface area is 159 Å². The van der Waals surface area contributed by atoms with E-state index < -0.39 is 0 Å². The van der Waals surface area contributed by atoms with Gasteiger partial charge in [0, 0.05) is 0 Å². The SMILES string of the molecule is Cc1ccc(Oc2ccc(N3C(=O)[C@H]4[C@H](C)C=CC[C@@H]4C3=O)cc2)cc1C. The summed E-state index contributed by atoms with van der Waals surface area (Å²) in [4.78, 5) is 27.0. The predicted molar refractivity (Wildman–Crippen MR) is 105 cm³/mol. The third kappa shape index (κ3) is 3.05. The first-order valence-corrected chi connectivity index (χ1v) is 9.35. The van der Waals surface area contributed by atoms with Crippen LogP contribution in [0.3, 0.4) is 0 Å². The molecule has 0 radical (unpaired) electrons. The second-order valence-corrected chi connectivity index (χ2v) is 7.51. The van der Waals surface area contributed by atoms with Crippen molar-refractivity contribution in [3.8, 4) is 11.5 Å². The first kappa shape index (κ1) is 17.5. The van der Waals surface area contributed by atoms with Crippen molar-refractivity contribution in [2.75, 3.05) is 4.90 Å². The van der Waals surface area contributed by atoms with Gasteiger partial charge in [0.25, 0.3) is 0 Å². The molecule has 0 unspecified atom stereocenters. The number of carbonyl (C=O) groups excluding carboxylic acids is 2. The maximum atomic E-state index is 12.8. The van der Waals surface area contributed by atoms with E-state index in [-0.39, 0.29) is 29.6 Å². The smallest absolute Gasteiger partial charge is 0.238 e. The van der Waals surface area contributed by atoms with E-state index in [9.17, 15) is 9.59 Å². The molecule has 1 heterocycles. The first-order chi connectivity index (χ1) is 13.0. The summed E-state index contributed by atoms with van der Waals surface area (Å²) in [5, 5.41) is 0. The molecule has 2 amide bonds. The third-order valence-electron chi connectivity index (χ3n) is 5.68. The second-order valence-electron chi connectivity index (χ2n) is 7.51. The monoisotopic (exact) mass is 361 g/mol. The number of ether oxygens (including phenoxy) is 1. The summed E-state index contributed by atoms with van der Waals surface area (Å²) >= 11 is 0. The van der Waals surface area contributed by atoms with Crippen LogP contribution in [0.25, 0.3) is 0 Å². The van der Waals surface area contributed by atoms with Gasteiger partial charge in [-0.15, -0.1) is 0 Å². The lowest BCUT2D eigenvalue weighted by Gasteiger charge is -2.22. The van der Waals surface area contributed by atoms with Gasteiger partial charge in [-0.05, 0) is 73.7 Å². The van der Waals surface area contributed by atoms with E-state index in [1.165, 1.54) is 16.0 Å². The fourth-order valence-electron chi connectivity index (χ4n) is 3.98. The Morgan fingerprint density at radius 3 is 2.30 bits per heavy atom. The van der Waals surface area contributed by atoms with Gasteiger partial charge in [0.15, 0.2) is 0 Å². The van der Waals surface area contributed by atoms with E-state index in [1.807, 2.05) is 44.2 Å². The number of hydrogen-bond donors (Lipinski definition) is 0. The van der Waals surface area contributed by atoms with Crippen LogP contribution in [0.1, 0.15) is 24.5 Å². The molecular formula is C23H23NO3. The van der Waals surface area contributed by atoms with Gasteiger partial charge in [0.1, 0.15) is 11.5 Å². The van der Waals surface area contributed by atoms with Crippen LogP contribution in [0.5, 0.6) is 11.5 Å². The standard InChI is InChI=1S/C23H23NO3/c1-14-7-10-19(13-16(14)3)27-18-11-8-17(9-12-18)24-22(25)20-6-4-5-15(2)21(20)23(24)26/h4-5,7-13,15,20-21H,6H2,1-3H3/t15-,20+,21+/m1/s1. The number of hydrogen-bond acceptors (Lipinski definition) is 3. The van der Waals surface area contributed by atoms with Gasteiger partial charge in [0.05, 0.1) is 17.5 Å². The molecule has 0 aromatic heterocycles. The van der Waals surface area contributed by atoms with Crippen molar-refractivity contribution in [2.45, 2.75) is 27.2 Å². The topological polar surface area (TPSA) is 46.6 Å². The molecule has 2 aromatic carbocycles. The maximum Gasteiger partial charge on any atom is 0.238 e. The molecule has 0 saturated carbocycles.